The molecule has 1 heteroatoms. The summed E-state index contributed by atoms with van der Waals surface area (Å²) in [5, 5.41) is 0.795. The quantitative estimate of drug-likeness (QED) is 0.493. The fourth-order valence-corrected chi connectivity index (χ4v) is 9.24. The van der Waals surface area contributed by atoms with Gasteiger partial charge in [0.2, 0.25) is 0 Å². The van der Waals surface area contributed by atoms with Gasteiger partial charge in [-0.3, -0.25) is 0 Å². The third kappa shape index (κ3) is 3.52. The first kappa shape index (κ1) is 19.4. The Balaban J connectivity index is 5.77. The molecule has 0 fully saturated rings. The summed E-state index contributed by atoms with van der Waals surface area (Å²) < 4.78 is 0.928. The van der Waals surface area contributed by atoms with Crippen molar-refractivity contribution < 1.29 is 0 Å². The number of unbranched alkanes of at least 4 members (excludes halogenated alkanes) is 1. The second-order valence-corrected chi connectivity index (χ2v) is 12.9. The Labute approximate surface area is 125 Å². The van der Waals surface area contributed by atoms with Crippen LogP contribution in [0, 0.1) is 5.92 Å². The molecule has 0 radical (unpaired) electrons. The van der Waals surface area contributed by atoms with Gasteiger partial charge in [-0.25, -0.2) is 10.0 Å². The molecule has 0 spiro atoms. The van der Waals surface area contributed by atoms with Crippen molar-refractivity contribution in [2.75, 3.05) is 6.26 Å². The molecule has 0 N–H and O–H groups in total. The fourth-order valence-electron chi connectivity index (χ4n) is 3.78. The maximum atomic E-state index is 2.64. The second-order valence-electron chi connectivity index (χ2n) is 7.87. The van der Waals surface area contributed by atoms with Crippen molar-refractivity contribution in [2.24, 2.45) is 5.92 Å². The van der Waals surface area contributed by atoms with Gasteiger partial charge in [-0.05, 0) is 28.6 Å². The third-order valence-electron chi connectivity index (χ3n) is 5.87. The van der Waals surface area contributed by atoms with E-state index in [0.29, 0.717) is 9.49 Å². The van der Waals surface area contributed by atoms with Crippen LogP contribution >= 0.6 is 10.0 Å². The van der Waals surface area contributed by atoms with Crippen LogP contribution in [0.4, 0.5) is 0 Å². The zero-order valence-electron chi connectivity index (χ0n) is 15.4. The summed E-state index contributed by atoms with van der Waals surface area (Å²) >= 11 is 0. The molecular formula is C18H40S. The minimum Gasteiger partial charge on any atom is -0.231 e. The van der Waals surface area contributed by atoms with Crippen molar-refractivity contribution in [3.05, 3.63) is 0 Å². The molecule has 118 valence electrons. The lowest BCUT2D eigenvalue weighted by molar-refractivity contribution is 0.374. The molecule has 3 unspecified atom stereocenters. The highest BCUT2D eigenvalue weighted by Crippen LogP contribution is 2.71. The summed E-state index contributed by atoms with van der Waals surface area (Å²) in [6, 6.07) is 0. The Morgan fingerprint density at radius 2 is 1.42 bits per heavy atom. The van der Waals surface area contributed by atoms with Gasteiger partial charge in [-0.15, -0.1) is 0 Å². The molecule has 0 aliphatic carbocycles. The highest BCUT2D eigenvalue weighted by molar-refractivity contribution is 8.35. The lowest BCUT2D eigenvalue weighted by Crippen LogP contribution is -2.49. The highest BCUT2D eigenvalue weighted by Gasteiger charge is 2.50. The van der Waals surface area contributed by atoms with E-state index in [1.54, 1.807) is 0 Å². The summed E-state index contributed by atoms with van der Waals surface area (Å²) in [6.07, 6.45) is 8.06. The molecule has 19 heavy (non-hydrogen) atoms. The van der Waals surface area contributed by atoms with Crippen LogP contribution in [0.3, 0.4) is 0 Å². The zero-order chi connectivity index (χ0) is 15.5. The molecular weight excluding hydrogens is 248 g/mol. The average molecular weight is 289 g/mol. The molecule has 3 atom stereocenters. The van der Waals surface area contributed by atoms with Gasteiger partial charge in [0.25, 0.3) is 0 Å². The summed E-state index contributed by atoms with van der Waals surface area (Å²) in [5.41, 5.74) is 0. The van der Waals surface area contributed by atoms with E-state index in [4.69, 9.17) is 0 Å². The molecule has 0 aromatic rings. The molecule has 0 saturated carbocycles. The average Bonchev–Trinajstić information content (AvgIpc) is 2.31. The van der Waals surface area contributed by atoms with E-state index in [2.05, 4.69) is 68.6 Å². The smallest absolute Gasteiger partial charge is 0.000400 e. The van der Waals surface area contributed by atoms with Crippen LogP contribution in [-0.2, 0) is 0 Å². The van der Waals surface area contributed by atoms with Crippen molar-refractivity contribution in [1.82, 2.24) is 0 Å². The zero-order valence-corrected chi connectivity index (χ0v) is 16.2. The lowest BCUT2D eigenvalue weighted by atomic mass is 9.88. The van der Waals surface area contributed by atoms with E-state index in [1.165, 1.54) is 25.7 Å². The van der Waals surface area contributed by atoms with E-state index in [9.17, 15) is 0 Å². The Kier molecular flexibility index (Phi) is 7.00. The van der Waals surface area contributed by atoms with Gasteiger partial charge in [-0.1, -0.05) is 81.6 Å². The largest absolute Gasteiger partial charge is 0.231 e. The summed E-state index contributed by atoms with van der Waals surface area (Å²) in [7, 11) is -0.696. The molecule has 0 aromatic carbocycles. The molecule has 0 aliphatic rings. The van der Waals surface area contributed by atoms with Gasteiger partial charge in [0, 0.05) is 4.75 Å². The van der Waals surface area contributed by atoms with E-state index in [-0.39, 0.29) is 0 Å². The first-order chi connectivity index (χ1) is 8.49. The van der Waals surface area contributed by atoms with Crippen LogP contribution in [-0.4, -0.2) is 21.0 Å². The van der Waals surface area contributed by atoms with Crippen LogP contribution in [0.5, 0.6) is 0 Å². The van der Waals surface area contributed by atoms with E-state index in [0.717, 1.165) is 11.2 Å². The SMILES string of the molecule is CCCCC(C)(C(C)CC)S(C)(C(C)C)C(C)(C)C. The Morgan fingerprint density at radius 3 is 1.68 bits per heavy atom. The first-order valence-electron chi connectivity index (χ1n) is 8.25. The summed E-state index contributed by atoms with van der Waals surface area (Å²) in [4.78, 5) is 0. The van der Waals surface area contributed by atoms with Crippen molar-refractivity contribution in [1.29, 1.82) is 0 Å². The van der Waals surface area contributed by atoms with Crippen LogP contribution in [0.25, 0.3) is 0 Å². The maximum absolute atomic E-state index is 2.64. The summed E-state index contributed by atoms with van der Waals surface area (Å²) in [5.74, 6) is 0.820. The Bertz CT molecular complexity index is 263. The van der Waals surface area contributed by atoms with Crippen LogP contribution in [0.2, 0.25) is 0 Å². The van der Waals surface area contributed by atoms with Crippen molar-refractivity contribution in [3.63, 3.8) is 0 Å². The topological polar surface area (TPSA) is 0 Å². The fraction of sp³-hybridized carbons (Fsp3) is 1.00. The maximum Gasteiger partial charge on any atom is 0.000400 e. The molecule has 0 heterocycles. The molecule has 0 aliphatic heterocycles. The highest BCUT2D eigenvalue weighted by atomic mass is 32.3. The van der Waals surface area contributed by atoms with Crippen molar-refractivity contribution >= 4 is 10.0 Å². The van der Waals surface area contributed by atoms with Crippen molar-refractivity contribution in [2.45, 2.75) is 103 Å². The standard InChI is InChI=1S/C18H40S/c1-11-13-14-18(9,16(5)12-2)19(10,15(3)4)17(6,7)8/h15-16H,11-14H2,1-10H3. The summed E-state index contributed by atoms with van der Waals surface area (Å²) in [6.45, 7) is 22.2. The molecule has 0 bridgehead atoms. The van der Waals surface area contributed by atoms with Gasteiger partial charge in [-0.2, -0.15) is 0 Å². The monoisotopic (exact) mass is 288 g/mol. The van der Waals surface area contributed by atoms with Gasteiger partial charge >= 0.3 is 0 Å². The first-order valence-corrected chi connectivity index (χ1v) is 10.4. The predicted molar refractivity (Wildman–Crippen MR) is 95.8 cm³/mol. The molecule has 0 aromatic heterocycles. The number of hydrogen-bond donors (Lipinski definition) is 0. The predicted octanol–water partition coefficient (Wildman–Crippen LogP) is 6.62. The minimum atomic E-state index is -0.696. The van der Waals surface area contributed by atoms with E-state index < -0.39 is 10.0 Å². The lowest BCUT2D eigenvalue weighted by Gasteiger charge is -2.64. The second kappa shape index (κ2) is 6.87. The van der Waals surface area contributed by atoms with E-state index >= 15 is 0 Å². The van der Waals surface area contributed by atoms with Crippen molar-refractivity contribution in [3.8, 4) is 0 Å². The molecule has 0 amide bonds. The minimum absolute atomic E-state index is 0.424. The Hall–Kier alpha value is 0.350. The van der Waals surface area contributed by atoms with Gasteiger partial charge in [0.15, 0.2) is 0 Å². The van der Waals surface area contributed by atoms with Crippen LogP contribution in [0.15, 0.2) is 0 Å². The number of rotatable bonds is 7. The molecule has 0 rings (SSSR count). The molecule has 0 saturated heterocycles. The van der Waals surface area contributed by atoms with Gasteiger partial charge in [0.1, 0.15) is 0 Å². The van der Waals surface area contributed by atoms with Gasteiger partial charge < -0.3 is 0 Å². The van der Waals surface area contributed by atoms with E-state index in [1.807, 2.05) is 0 Å². The van der Waals surface area contributed by atoms with Gasteiger partial charge in [0.05, 0.1) is 0 Å². The Morgan fingerprint density at radius 1 is 0.947 bits per heavy atom. The number of hydrogen-bond acceptors (Lipinski definition) is 0. The normalized spacial score (nSPS) is 22.7. The molecule has 0 nitrogen and oxygen atoms in total. The third-order valence-corrected chi connectivity index (χ3v) is 12.8. The van der Waals surface area contributed by atoms with Crippen LogP contribution in [0.1, 0.15) is 88.0 Å². The van der Waals surface area contributed by atoms with Crippen LogP contribution < -0.4 is 0 Å².